The number of aryl methyl sites for hydroxylation is 1. The van der Waals surface area contributed by atoms with Gasteiger partial charge in [-0.3, -0.25) is 4.79 Å². The molecular formula is C24H33F5N2O2S. The van der Waals surface area contributed by atoms with E-state index in [2.05, 4.69) is 37.1 Å². The fourth-order valence-electron chi connectivity index (χ4n) is 3.26. The third-order valence-electron chi connectivity index (χ3n) is 5.37. The molecule has 3 N–H and O–H groups in total. The number of likely N-dealkylation sites (N-methyl/N-ethyl adjacent to an activating group) is 1. The Morgan fingerprint density at radius 1 is 1.12 bits per heavy atom. The van der Waals surface area contributed by atoms with E-state index in [4.69, 9.17) is 0 Å². The van der Waals surface area contributed by atoms with Gasteiger partial charge >= 0.3 is 10.2 Å². The van der Waals surface area contributed by atoms with Gasteiger partial charge in [-0.05, 0) is 61.2 Å². The summed E-state index contributed by atoms with van der Waals surface area (Å²) in [7, 11) is -7.59. The molecule has 0 saturated heterocycles. The summed E-state index contributed by atoms with van der Waals surface area (Å²) in [6, 6.07) is 8.78. The summed E-state index contributed by atoms with van der Waals surface area (Å²) in [5.74, 6) is 0.208. The van der Waals surface area contributed by atoms with Gasteiger partial charge in [0.05, 0.1) is 12.6 Å². The first kappa shape index (κ1) is 29.6. The number of carbonyl (C=O) groups excluding carboxylic acids is 1. The lowest BCUT2D eigenvalue weighted by Gasteiger charge is -2.40. The average Bonchev–Trinajstić information content (AvgIpc) is 2.77. The molecule has 0 bridgehead atoms. The zero-order valence-electron chi connectivity index (χ0n) is 19.8. The van der Waals surface area contributed by atoms with Gasteiger partial charge in [0.25, 0.3) is 0 Å². The molecule has 0 aromatic heterocycles. The molecule has 34 heavy (non-hydrogen) atoms. The summed E-state index contributed by atoms with van der Waals surface area (Å²) in [5.41, 5.74) is 3.71. The smallest absolute Gasteiger partial charge is 0.310 e. The van der Waals surface area contributed by atoms with Crippen molar-refractivity contribution in [3.05, 3.63) is 77.4 Å². The molecule has 0 radical (unpaired) electrons. The van der Waals surface area contributed by atoms with E-state index in [0.717, 1.165) is 29.7 Å². The molecule has 0 aliphatic heterocycles. The van der Waals surface area contributed by atoms with Crippen molar-refractivity contribution in [2.75, 3.05) is 13.6 Å². The summed E-state index contributed by atoms with van der Waals surface area (Å²) < 4.78 is 60.4. The molecule has 0 aliphatic rings. The molecule has 0 heterocycles. The molecule has 0 saturated carbocycles. The van der Waals surface area contributed by atoms with Crippen LogP contribution in [0.2, 0.25) is 0 Å². The van der Waals surface area contributed by atoms with Gasteiger partial charge in [0, 0.05) is 6.54 Å². The summed E-state index contributed by atoms with van der Waals surface area (Å²) in [6.45, 7) is 9.76. The highest BCUT2D eigenvalue weighted by molar-refractivity contribution is 8.45. The largest absolute Gasteiger partial charge is 0.392 e. The number of aliphatic hydroxyl groups excluding tert-OH is 1. The maximum Gasteiger partial charge on any atom is 0.310 e. The van der Waals surface area contributed by atoms with Gasteiger partial charge in [0.15, 0.2) is 0 Å². The van der Waals surface area contributed by atoms with Crippen molar-refractivity contribution in [3.8, 4) is 0 Å². The number of hydrogen-bond donors (Lipinski definition) is 3. The Bertz CT molecular complexity index is 980. The topological polar surface area (TPSA) is 61.4 Å². The molecule has 192 valence electrons. The molecular weight excluding hydrogens is 475 g/mol. The molecule has 2 aromatic carbocycles. The molecule has 10 heteroatoms. The van der Waals surface area contributed by atoms with Crippen LogP contribution in [0.3, 0.4) is 0 Å². The van der Waals surface area contributed by atoms with Crippen LogP contribution in [0.15, 0.2) is 60.0 Å². The maximum atomic E-state index is 12.1. The lowest BCUT2D eigenvalue weighted by Crippen LogP contribution is -2.34. The van der Waals surface area contributed by atoms with Crippen LogP contribution in [-0.4, -0.2) is 24.6 Å². The van der Waals surface area contributed by atoms with Gasteiger partial charge in [0.2, 0.25) is 5.91 Å². The monoisotopic (exact) mass is 508 g/mol. The van der Waals surface area contributed by atoms with E-state index in [1.54, 1.807) is 0 Å². The van der Waals surface area contributed by atoms with Crippen molar-refractivity contribution in [2.24, 2.45) is 0 Å². The number of aliphatic hydroxyl groups is 1. The van der Waals surface area contributed by atoms with Gasteiger partial charge in [-0.25, -0.2) is 0 Å². The molecule has 2 atom stereocenters. The number of rotatable bonds is 9. The van der Waals surface area contributed by atoms with Gasteiger partial charge < -0.3 is 15.7 Å². The molecule has 0 spiro atoms. The zero-order chi connectivity index (χ0) is 26.2. The van der Waals surface area contributed by atoms with Crippen molar-refractivity contribution >= 4 is 16.1 Å². The quantitative estimate of drug-likeness (QED) is 0.255. The van der Waals surface area contributed by atoms with Crippen molar-refractivity contribution in [2.45, 2.75) is 50.7 Å². The molecule has 2 aromatic rings. The number of benzene rings is 2. The van der Waals surface area contributed by atoms with Gasteiger partial charge in [-0.2, -0.15) is 0 Å². The molecule has 2 unspecified atom stereocenters. The van der Waals surface area contributed by atoms with Crippen molar-refractivity contribution < 1.29 is 29.3 Å². The Hall–Kier alpha value is -2.43. The number of halogens is 5. The minimum absolute atomic E-state index is 0.00675. The SMILES string of the molecule is C=CC(=O)NCC(NC)c1c(CO)cccc1C(C)CC.Cc1ccc(S(F)(F)(F)(F)F)cc1. The molecule has 0 aliphatic carbocycles. The Kier molecular flexibility index (Phi) is 9.47. The molecule has 1 amide bonds. The van der Waals surface area contributed by atoms with Gasteiger partial charge in [-0.15, -0.1) is 0 Å². The Morgan fingerprint density at radius 3 is 2.15 bits per heavy atom. The zero-order valence-corrected chi connectivity index (χ0v) is 20.6. The summed E-state index contributed by atoms with van der Waals surface area (Å²) in [4.78, 5) is 9.54. The van der Waals surface area contributed by atoms with Crippen LogP contribution in [0.1, 0.15) is 54.5 Å². The predicted molar refractivity (Wildman–Crippen MR) is 129 cm³/mol. The maximum absolute atomic E-state index is 12.1. The fourth-order valence-corrected chi connectivity index (χ4v) is 3.91. The third-order valence-corrected chi connectivity index (χ3v) is 6.54. The fraction of sp³-hybridized carbons (Fsp3) is 0.375. The van der Waals surface area contributed by atoms with Crippen molar-refractivity contribution in [1.29, 1.82) is 0 Å². The molecule has 0 fully saturated rings. The number of nitrogens with one attached hydrogen (secondary N) is 2. The second-order valence-corrected chi connectivity index (χ2v) is 10.4. The van der Waals surface area contributed by atoms with Gasteiger partial charge in [0.1, 0.15) is 4.90 Å². The first-order valence-corrected chi connectivity index (χ1v) is 12.6. The standard InChI is InChI=1S/C17H26N2O2.C7H7F5S/c1-5-12(3)14-9-7-8-13(11-20)17(14)15(18-4)10-19-16(21)6-2;1-6-2-4-7(5-3-6)13(8,9,10,11)12/h6-9,12,15,18,20H,2,5,10-11H2,1,3-4H3,(H,19,21);2-5H,1H3. The van der Waals surface area contributed by atoms with E-state index >= 15 is 0 Å². The second kappa shape index (κ2) is 10.9. The van der Waals surface area contributed by atoms with E-state index < -0.39 is 15.1 Å². The van der Waals surface area contributed by atoms with Crippen LogP contribution in [0, 0.1) is 6.92 Å². The minimum Gasteiger partial charge on any atom is -0.392 e. The summed E-state index contributed by atoms with van der Waals surface area (Å²) in [6.07, 6.45) is 2.29. The number of amides is 1. The second-order valence-electron chi connectivity index (χ2n) is 7.96. The van der Waals surface area contributed by atoms with Crippen LogP contribution in [0.25, 0.3) is 0 Å². The summed E-state index contributed by atoms with van der Waals surface area (Å²) in [5, 5.41) is 15.7. The summed E-state index contributed by atoms with van der Waals surface area (Å²) >= 11 is 0. The Balaban J connectivity index is 0.000000380. The van der Waals surface area contributed by atoms with E-state index in [1.807, 2.05) is 19.2 Å². The van der Waals surface area contributed by atoms with E-state index in [1.165, 1.54) is 18.6 Å². The predicted octanol–water partition coefficient (Wildman–Crippen LogP) is 6.91. The lowest BCUT2D eigenvalue weighted by molar-refractivity contribution is -0.116. The highest BCUT2D eigenvalue weighted by Gasteiger charge is 2.65. The van der Waals surface area contributed by atoms with Gasteiger partial charge in [-0.1, -0.05) is 75.8 Å². The van der Waals surface area contributed by atoms with Crippen LogP contribution in [-0.2, 0) is 11.4 Å². The highest BCUT2D eigenvalue weighted by Crippen LogP contribution is 3.02. The number of hydrogen-bond acceptors (Lipinski definition) is 3. The average molecular weight is 509 g/mol. The third kappa shape index (κ3) is 8.73. The van der Waals surface area contributed by atoms with Crippen LogP contribution in [0.4, 0.5) is 19.4 Å². The molecule has 4 nitrogen and oxygen atoms in total. The minimum atomic E-state index is -9.45. The Morgan fingerprint density at radius 2 is 1.71 bits per heavy atom. The van der Waals surface area contributed by atoms with Crippen LogP contribution < -0.4 is 10.6 Å². The number of carbonyl (C=O) groups is 1. The lowest BCUT2D eigenvalue weighted by atomic mass is 9.87. The first-order chi connectivity index (χ1) is 15.6. The van der Waals surface area contributed by atoms with Crippen LogP contribution >= 0.6 is 10.2 Å². The first-order valence-electron chi connectivity index (χ1n) is 10.7. The van der Waals surface area contributed by atoms with E-state index in [9.17, 15) is 29.3 Å². The molecule has 2 rings (SSSR count). The van der Waals surface area contributed by atoms with E-state index in [-0.39, 0.29) is 18.6 Å². The normalized spacial score (nSPS) is 15.1. The van der Waals surface area contributed by atoms with E-state index in [0.29, 0.717) is 30.2 Å². The van der Waals surface area contributed by atoms with Crippen molar-refractivity contribution in [3.63, 3.8) is 0 Å². The van der Waals surface area contributed by atoms with Crippen LogP contribution in [0.5, 0.6) is 0 Å². The highest BCUT2D eigenvalue weighted by atomic mass is 32.5. The van der Waals surface area contributed by atoms with Crippen molar-refractivity contribution in [1.82, 2.24) is 10.6 Å². The Labute approximate surface area is 198 Å².